The Morgan fingerprint density at radius 2 is 1.82 bits per heavy atom. The van der Waals surface area contributed by atoms with Crippen molar-refractivity contribution in [2.75, 3.05) is 10.6 Å². The minimum absolute atomic E-state index is 0.0168. The number of carbonyl (C=O) groups is 3. The van der Waals surface area contributed by atoms with Gasteiger partial charge in [-0.2, -0.15) is 0 Å². The Hall–Kier alpha value is -3.15. The van der Waals surface area contributed by atoms with E-state index in [1.165, 1.54) is 6.92 Å². The zero-order valence-corrected chi connectivity index (χ0v) is 16.2. The lowest BCUT2D eigenvalue weighted by atomic mass is 10.1. The number of Topliss-reactive ketones (excluding diaryl/α,β-unsaturated/α-hetero) is 1. The molecule has 146 valence electrons. The number of rotatable bonds is 7. The van der Waals surface area contributed by atoms with Gasteiger partial charge in [0.15, 0.2) is 11.9 Å². The van der Waals surface area contributed by atoms with Crippen molar-refractivity contribution in [2.45, 2.75) is 39.7 Å². The molecule has 1 aliphatic rings. The molecular formula is C22H24N2O4. The molecule has 2 aromatic carbocycles. The maximum atomic E-state index is 12.5. The highest BCUT2D eigenvalue weighted by Crippen LogP contribution is 2.31. The fraction of sp³-hybridized carbons (Fsp3) is 0.318. The van der Waals surface area contributed by atoms with E-state index in [2.05, 4.69) is 10.6 Å². The van der Waals surface area contributed by atoms with E-state index in [0.717, 1.165) is 18.4 Å². The van der Waals surface area contributed by atoms with E-state index < -0.39 is 6.10 Å². The van der Waals surface area contributed by atoms with Crippen LogP contribution in [0.25, 0.3) is 0 Å². The second kappa shape index (κ2) is 8.25. The Balaban J connectivity index is 1.65. The zero-order chi connectivity index (χ0) is 20.3. The zero-order valence-electron chi connectivity index (χ0n) is 16.2. The summed E-state index contributed by atoms with van der Waals surface area (Å²) in [5.74, 6) is 0.199. The van der Waals surface area contributed by atoms with Crippen LogP contribution in [-0.4, -0.2) is 23.7 Å². The van der Waals surface area contributed by atoms with Crippen LogP contribution in [0.2, 0.25) is 0 Å². The Labute approximate surface area is 164 Å². The van der Waals surface area contributed by atoms with Crippen molar-refractivity contribution in [3.63, 3.8) is 0 Å². The molecule has 1 fully saturated rings. The minimum atomic E-state index is -0.758. The van der Waals surface area contributed by atoms with Gasteiger partial charge in [0.1, 0.15) is 5.75 Å². The van der Waals surface area contributed by atoms with Crippen LogP contribution in [0.1, 0.15) is 42.6 Å². The van der Waals surface area contributed by atoms with Gasteiger partial charge < -0.3 is 15.4 Å². The SMILES string of the molecule is CC(=O)c1cccc(OC(C)C(=O)Nc2cc(NC(=O)C3CC3)ccc2C)c1. The molecule has 1 unspecified atom stereocenters. The molecule has 1 aliphatic carbocycles. The van der Waals surface area contributed by atoms with Crippen LogP contribution in [0.5, 0.6) is 5.75 Å². The summed E-state index contributed by atoms with van der Waals surface area (Å²) in [5, 5.41) is 5.72. The second-order valence-electron chi connectivity index (χ2n) is 7.13. The highest BCUT2D eigenvalue weighted by molar-refractivity contribution is 5.98. The molecule has 0 heterocycles. The lowest BCUT2D eigenvalue weighted by Crippen LogP contribution is -2.30. The number of aryl methyl sites for hydroxylation is 1. The molecule has 2 amide bonds. The van der Waals surface area contributed by atoms with Crippen molar-refractivity contribution in [1.82, 2.24) is 0 Å². The van der Waals surface area contributed by atoms with Gasteiger partial charge in [-0.25, -0.2) is 0 Å². The molecule has 6 heteroatoms. The first-order chi connectivity index (χ1) is 13.3. The molecular weight excluding hydrogens is 356 g/mol. The van der Waals surface area contributed by atoms with E-state index in [1.54, 1.807) is 37.3 Å². The van der Waals surface area contributed by atoms with Crippen LogP contribution >= 0.6 is 0 Å². The molecule has 2 N–H and O–H groups in total. The Bertz CT molecular complexity index is 919. The molecule has 0 spiro atoms. The molecule has 28 heavy (non-hydrogen) atoms. The van der Waals surface area contributed by atoms with E-state index in [0.29, 0.717) is 22.7 Å². The van der Waals surface area contributed by atoms with Crippen LogP contribution < -0.4 is 15.4 Å². The first kappa shape index (κ1) is 19.6. The van der Waals surface area contributed by atoms with Crippen LogP contribution in [0.4, 0.5) is 11.4 Å². The minimum Gasteiger partial charge on any atom is -0.481 e. The van der Waals surface area contributed by atoms with Crippen molar-refractivity contribution < 1.29 is 19.1 Å². The third kappa shape index (κ3) is 4.97. The van der Waals surface area contributed by atoms with Gasteiger partial charge >= 0.3 is 0 Å². The van der Waals surface area contributed by atoms with Crippen LogP contribution in [0.15, 0.2) is 42.5 Å². The third-order valence-corrected chi connectivity index (χ3v) is 4.63. The molecule has 6 nitrogen and oxygen atoms in total. The molecule has 1 atom stereocenters. The predicted molar refractivity (Wildman–Crippen MR) is 108 cm³/mol. The fourth-order valence-electron chi connectivity index (χ4n) is 2.70. The summed E-state index contributed by atoms with van der Waals surface area (Å²) < 4.78 is 5.68. The Morgan fingerprint density at radius 1 is 1.07 bits per heavy atom. The standard InChI is InChI=1S/C22H24N2O4/c1-13-7-10-18(23-22(27)16-8-9-16)12-20(13)24-21(26)15(3)28-19-6-4-5-17(11-19)14(2)25/h4-7,10-12,15-16H,8-9H2,1-3H3,(H,23,27)(H,24,26). The van der Waals surface area contributed by atoms with Gasteiger partial charge in [0.05, 0.1) is 0 Å². The normalized spacial score (nSPS) is 14.1. The second-order valence-corrected chi connectivity index (χ2v) is 7.13. The quantitative estimate of drug-likeness (QED) is 0.712. The first-order valence-corrected chi connectivity index (χ1v) is 9.33. The van der Waals surface area contributed by atoms with E-state index in [9.17, 15) is 14.4 Å². The number of amides is 2. The Kier molecular flexibility index (Phi) is 5.78. The van der Waals surface area contributed by atoms with Crippen molar-refractivity contribution >= 4 is 29.0 Å². The summed E-state index contributed by atoms with van der Waals surface area (Å²) in [4.78, 5) is 36.0. The number of anilines is 2. The number of benzene rings is 2. The topological polar surface area (TPSA) is 84.5 Å². The van der Waals surface area contributed by atoms with Gasteiger partial charge in [0.2, 0.25) is 5.91 Å². The average Bonchev–Trinajstić information content (AvgIpc) is 3.50. The molecule has 0 aromatic heterocycles. The molecule has 0 radical (unpaired) electrons. The maximum Gasteiger partial charge on any atom is 0.265 e. The summed E-state index contributed by atoms with van der Waals surface area (Å²) in [7, 11) is 0. The summed E-state index contributed by atoms with van der Waals surface area (Å²) in [6.07, 6.45) is 1.10. The number of hydrogen-bond donors (Lipinski definition) is 2. The number of hydrogen-bond acceptors (Lipinski definition) is 4. The van der Waals surface area contributed by atoms with Crippen LogP contribution in [0, 0.1) is 12.8 Å². The van der Waals surface area contributed by atoms with Crippen LogP contribution in [-0.2, 0) is 9.59 Å². The smallest absolute Gasteiger partial charge is 0.265 e. The largest absolute Gasteiger partial charge is 0.481 e. The number of ketones is 1. The summed E-state index contributed by atoms with van der Waals surface area (Å²) in [6, 6.07) is 12.1. The number of carbonyl (C=O) groups excluding carboxylic acids is 3. The average molecular weight is 380 g/mol. The monoisotopic (exact) mass is 380 g/mol. The van der Waals surface area contributed by atoms with Crippen molar-refractivity contribution in [1.29, 1.82) is 0 Å². The van der Waals surface area contributed by atoms with E-state index in [1.807, 2.05) is 19.1 Å². The first-order valence-electron chi connectivity index (χ1n) is 9.33. The van der Waals surface area contributed by atoms with Gasteiger partial charge in [-0.15, -0.1) is 0 Å². The van der Waals surface area contributed by atoms with Gasteiger partial charge in [0, 0.05) is 22.9 Å². The van der Waals surface area contributed by atoms with Crippen molar-refractivity contribution in [3.8, 4) is 5.75 Å². The highest BCUT2D eigenvalue weighted by Gasteiger charge is 2.29. The highest BCUT2D eigenvalue weighted by atomic mass is 16.5. The van der Waals surface area contributed by atoms with E-state index in [4.69, 9.17) is 4.74 Å². The van der Waals surface area contributed by atoms with Gasteiger partial charge in [-0.3, -0.25) is 14.4 Å². The molecule has 0 bridgehead atoms. The van der Waals surface area contributed by atoms with Gasteiger partial charge in [-0.1, -0.05) is 18.2 Å². The summed E-state index contributed by atoms with van der Waals surface area (Å²) in [5.41, 5.74) is 2.68. The van der Waals surface area contributed by atoms with Crippen LogP contribution in [0.3, 0.4) is 0 Å². The lowest BCUT2D eigenvalue weighted by molar-refractivity contribution is -0.122. The van der Waals surface area contributed by atoms with Gasteiger partial charge in [-0.05, 0) is 63.4 Å². The number of ether oxygens (including phenoxy) is 1. The molecule has 3 rings (SSSR count). The summed E-state index contributed by atoms with van der Waals surface area (Å²) in [6.45, 7) is 5.00. The fourth-order valence-corrected chi connectivity index (χ4v) is 2.70. The predicted octanol–water partition coefficient (Wildman–Crippen LogP) is 3.95. The van der Waals surface area contributed by atoms with Gasteiger partial charge in [0.25, 0.3) is 5.91 Å². The lowest BCUT2D eigenvalue weighted by Gasteiger charge is -2.17. The number of nitrogens with one attached hydrogen (secondary N) is 2. The van der Waals surface area contributed by atoms with E-state index >= 15 is 0 Å². The molecule has 0 saturated heterocycles. The maximum absolute atomic E-state index is 12.5. The Morgan fingerprint density at radius 3 is 2.50 bits per heavy atom. The van der Waals surface area contributed by atoms with Crippen molar-refractivity contribution in [3.05, 3.63) is 53.6 Å². The molecule has 2 aromatic rings. The molecule has 1 saturated carbocycles. The van der Waals surface area contributed by atoms with Crippen molar-refractivity contribution in [2.24, 2.45) is 5.92 Å². The molecule has 0 aliphatic heterocycles. The third-order valence-electron chi connectivity index (χ3n) is 4.63. The van der Waals surface area contributed by atoms with E-state index in [-0.39, 0.29) is 23.5 Å². The summed E-state index contributed by atoms with van der Waals surface area (Å²) >= 11 is 0.